The monoisotopic (exact) mass is 312 g/mol. The van der Waals surface area contributed by atoms with Crippen molar-refractivity contribution in [1.82, 2.24) is 4.90 Å². The minimum atomic E-state index is -0.449. The maximum absolute atomic E-state index is 12.0. The molecule has 0 unspecified atom stereocenters. The van der Waals surface area contributed by atoms with E-state index < -0.39 is 5.91 Å². The third kappa shape index (κ3) is 6.46. The zero-order valence-corrected chi connectivity index (χ0v) is 12.8. The van der Waals surface area contributed by atoms with Gasteiger partial charge in [-0.1, -0.05) is 24.9 Å². The molecule has 0 aliphatic heterocycles. The molecule has 0 saturated heterocycles. The van der Waals surface area contributed by atoms with Crippen LogP contribution in [0.2, 0.25) is 5.02 Å². The number of benzene rings is 1. The van der Waals surface area contributed by atoms with Crippen LogP contribution in [0.4, 0.5) is 11.4 Å². The number of nitrogens with zero attached hydrogens (tertiary/aromatic N) is 1. The van der Waals surface area contributed by atoms with Gasteiger partial charge in [0.05, 0.1) is 23.8 Å². The molecule has 1 aromatic rings. The third-order valence-electron chi connectivity index (χ3n) is 2.85. The molecule has 21 heavy (non-hydrogen) atoms. The fourth-order valence-electron chi connectivity index (χ4n) is 1.84. The second-order valence-corrected chi connectivity index (χ2v) is 5.22. The van der Waals surface area contributed by atoms with E-state index in [1.807, 2.05) is 6.92 Å². The number of anilines is 2. The molecule has 1 rings (SSSR count). The number of primary amides is 1. The van der Waals surface area contributed by atoms with Gasteiger partial charge < -0.3 is 16.8 Å². The van der Waals surface area contributed by atoms with Gasteiger partial charge in [-0.2, -0.15) is 0 Å². The Morgan fingerprint density at radius 2 is 2.05 bits per heavy atom. The van der Waals surface area contributed by atoms with Crippen LogP contribution in [-0.2, 0) is 9.59 Å². The number of nitrogens with two attached hydrogens (primary N) is 2. The average molecular weight is 313 g/mol. The largest absolute Gasteiger partial charge is 0.397 e. The van der Waals surface area contributed by atoms with E-state index in [1.54, 1.807) is 23.1 Å². The second kappa shape index (κ2) is 8.49. The van der Waals surface area contributed by atoms with Crippen LogP contribution in [0.25, 0.3) is 0 Å². The van der Waals surface area contributed by atoms with Crippen LogP contribution < -0.4 is 16.8 Å². The van der Waals surface area contributed by atoms with Crippen LogP contribution in [-0.4, -0.2) is 36.3 Å². The SMILES string of the molecule is CCCCN(CC(N)=O)CC(=O)Nc1ccc(Cl)c(N)c1. The van der Waals surface area contributed by atoms with Crippen molar-refractivity contribution in [2.24, 2.45) is 5.73 Å². The van der Waals surface area contributed by atoms with Gasteiger partial charge in [0.2, 0.25) is 11.8 Å². The normalized spacial score (nSPS) is 10.6. The highest BCUT2D eigenvalue weighted by atomic mass is 35.5. The minimum Gasteiger partial charge on any atom is -0.397 e. The van der Waals surface area contributed by atoms with Gasteiger partial charge in [-0.25, -0.2) is 0 Å². The van der Waals surface area contributed by atoms with Crippen molar-refractivity contribution in [2.45, 2.75) is 19.8 Å². The van der Waals surface area contributed by atoms with Crippen LogP contribution in [0.1, 0.15) is 19.8 Å². The Balaban J connectivity index is 2.59. The number of carbonyl (C=O) groups excluding carboxylic acids is 2. The number of amides is 2. The lowest BCUT2D eigenvalue weighted by molar-refractivity contribution is -0.121. The third-order valence-corrected chi connectivity index (χ3v) is 3.20. The molecule has 0 heterocycles. The summed E-state index contributed by atoms with van der Waals surface area (Å²) in [5.41, 5.74) is 11.8. The molecule has 2 amide bonds. The first kappa shape index (κ1) is 17.3. The van der Waals surface area contributed by atoms with E-state index in [9.17, 15) is 9.59 Å². The van der Waals surface area contributed by atoms with Crippen LogP contribution in [0, 0.1) is 0 Å². The average Bonchev–Trinajstić information content (AvgIpc) is 2.39. The lowest BCUT2D eigenvalue weighted by Crippen LogP contribution is -2.39. The van der Waals surface area contributed by atoms with Crippen LogP contribution in [0.3, 0.4) is 0 Å². The zero-order valence-electron chi connectivity index (χ0n) is 12.1. The van der Waals surface area contributed by atoms with Crippen molar-refractivity contribution in [3.8, 4) is 0 Å². The fraction of sp³-hybridized carbons (Fsp3) is 0.429. The standard InChI is InChI=1S/C14H21ClN4O2/c1-2-3-6-19(8-13(17)20)9-14(21)18-10-4-5-11(15)12(16)7-10/h4-5,7H,2-3,6,8-9,16H2,1H3,(H2,17,20)(H,18,21). The molecule has 116 valence electrons. The molecule has 0 atom stereocenters. The maximum atomic E-state index is 12.0. The molecule has 0 aliphatic carbocycles. The van der Waals surface area contributed by atoms with Gasteiger partial charge in [-0.05, 0) is 31.2 Å². The Morgan fingerprint density at radius 3 is 2.62 bits per heavy atom. The number of hydrogen-bond donors (Lipinski definition) is 3. The number of nitrogens with one attached hydrogen (secondary N) is 1. The number of carbonyl (C=O) groups is 2. The molecule has 7 heteroatoms. The Kier molecular flexibility index (Phi) is 6.98. The molecule has 5 N–H and O–H groups in total. The quantitative estimate of drug-likeness (QED) is 0.632. The number of nitrogen functional groups attached to an aromatic ring is 1. The van der Waals surface area contributed by atoms with Gasteiger partial charge in [0.1, 0.15) is 0 Å². The van der Waals surface area contributed by atoms with E-state index in [-0.39, 0.29) is 19.0 Å². The summed E-state index contributed by atoms with van der Waals surface area (Å²) >= 11 is 5.82. The number of rotatable bonds is 8. The van der Waals surface area contributed by atoms with Crippen LogP contribution in [0.5, 0.6) is 0 Å². The predicted octanol–water partition coefficient (Wildman–Crippen LogP) is 1.45. The van der Waals surface area contributed by atoms with E-state index in [4.69, 9.17) is 23.1 Å². The van der Waals surface area contributed by atoms with Crippen molar-refractivity contribution in [2.75, 3.05) is 30.7 Å². The first-order valence-electron chi connectivity index (χ1n) is 6.78. The number of hydrogen-bond acceptors (Lipinski definition) is 4. The molecular weight excluding hydrogens is 292 g/mol. The predicted molar refractivity (Wildman–Crippen MR) is 85.0 cm³/mol. The number of unbranched alkanes of at least 4 members (excludes halogenated alkanes) is 1. The Morgan fingerprint density at radius 1 is 1.33 bits per heavy atom. The summed E-state index contributed by atoms with van der Waals surface area (Å²) in [5.74, 6) is -0.677. The van der Waals surface area contributed by atoms with Crippen molar-refractivity contribution >= 4 is 34.8 Å². The van der Waals surface area contributed by atoms with Gasteiger partial charge in [-0.15, -0.1) is 0 Å². The Bertz CT molecular complexity index is 508. The van der Waals surface area contributed by atoms with Crippen molar-refractivity contribution in [1.29, 1.82) is 0 Å². The molecule has 0 aliphatic rings. The van der Waals surface area contributed by atoms with Crippen LogP contribution >= 0.6 is 11.6 Å². The summed E-state index contributed by atoms with van der Waals surface area (Å²) in [6.45, 7) is 2.86. The highest BCUT2D eigenvalue weighted by Crippen LogP contribution is 2.22. The summed E-state index contributed by atoms with van der Waals surface area (Å²) in [6.07, 6.45) is 1.87. The number of halogens is 1. The van der Waals surface area contributed by atoms with Gasteiger partial charge in [0.25, 0.3) is 0 Å². The minimum absolute atomic E-state index is 0.0657. The molecule has 6 nitrogen and oxygen atoms in total. The highest BCUT2D eigenvalue weighted by molar-refractivity contribution is 6.33. The maximum Gasteiger partial charge on any atom is 0.238 e. The van der Waals surface area contributed by atoms with Crippen LogP contribution in [0.15, 0.2) is 18.2 Å². The molecule has 1 aromatic carbocycles. The van der Waals surface area contributed by atoms with E-state index >= 15 is 0 Å². The van der Waals surface area contributed by atoms with Crippen molar-refractivity contribution in [3.63, 3.8) is 0 Å². The summed E-state index contributed by atoms with van der Waals surface area (Å²) in [5, 5.41) is 3.16. The fourth-order valence-corrected chi connectivity index (χ4v) is 1.96. The first-order valence-corrected chi connectivity index (χ1v) is 7.15. The van der Waals surface area contributed by atoms with Gasteiger partial charge in [-0.3, -0.25) is 14.5 Å². The van der Waals surface area contributed by atoms with Gasteiger partial charge in [0, 0.05) is 5.69 Å². The summed E-state index contributed by atoms with van der Waals surface area (Å²) in [4.78, 5) is 24.7. The van der Waals surface area contributed by atoms with E-state index in [2.05, 4.69) is 5.32 Å². The molecule has 0 radical (unpaired) electrons. The summed E-state index contributed by atoms with van der Waals surface area (Å²) in [6, 6.07) is 4.87. The van der Waals surface area contributed by atoms with Crippen molar-refractivity contribution < 1.29 is 9.59 Å². The smallest absolute Gasteiger partial charge is 0.238 e. The molecule has 0 spiro atoms. The Labute approximate surface area is 129 Å². The topological polar surface area (TPSA) is 101 Å². The lowest BCUT2D eigenvalue weighted by Gasteiger charge is -2.19. The second-order valence-electron chi connectivity index (χ2n) is 4.81. The Hall–Kier alpha value is -1.79. The lowest BCUT2D eigenvalue weighted by atomic mass is 10.2. The summed E-state index contributed by atoms with van der Waals surface area (Å²) < 4.78 is 0. The first-order chi connectivity index (χ1) is 9.92. The molecule has 0 fully saturated rings. The highest BCUT2D eigenvalue weighted by Gasteiger charge is 2.13. The van der Waals surface area contributed by atoms with Gasteiger partial charge in [0.15, 0.2) is 0 Å². The summed E-state index contributed by atoms with van der Waals surface area (Å²) in [7, 11) is 0. The molecule has 0 bridgehead atoms. The zero-order chi connectivity index (χ0) is 15.8. The van der Waals surface area contributed by atoms with E-state index in [1.165, 1.54) is 0 Å². The molecule has 0 saturated carbocycles. The van der Waals surface area contributed by atoms with Gasteiger partial charge >= 0.3 is 0 Å². The van der Waals surface area contributed by atoms with E-state index in [0.29, 0.717) is 22.9 Å². The molecular formula is C14H21ClN4O2. The van der Waals surface area contributed by atoms with E-state index in [0.717, 1.165) is 12.8 Å². The molecule has 0 aromatic heterocycles. The van der Waals surface area contributed by atoms with Crippen molar-refractivity contribution in [3.05, 3.63) is 23.2 Å².